The first-order valence-corrected chi connectivity index (χ1v) is 11.0. The van der Waals surface area contributed by atoms with E-state index in [1.807, 2.05) is 18.2 Å². The molecule has 0 radical (unpaired) electrons. The molecule has 3 aromatic heterocycles. The summed E-state index contributed by atoms with van der Waals surface area (Å²) in [5, 5.41) is 23.0. The molecule has 182 valence electrons. The number of benzene rings is 1. The number of aliphatic hydroxyl groups is 1. The zero-order chi connectivity index (χ0) is 24.8. The topological polar surface area (TPSA) is 148 Å². The van der Waals surface area contributed by atoms with E-state index in [0.29, 0.717) is 23.0 Å². The lowest BCUT2D eigenvalue weighted by atomic mass is 10.2. The third-order valence-corrected chi connectivity index (χ3v) is 4.69. The molecule has 1 aromatic carbocycles. The van der Waals surface area contributed by atoms with Crippen LogP contribution in [-0.4, -0.2) is 54.8 Å². The SMILES string of the molecule is CC(C)(C)OC(=O)NC(CO)Cc1nc(-c2cccc(Oc3ccc(-c4ccn[nH]4)cn3)c2)no1. The molecule has 0 aliphatic rings. The van der Waals surface area contributed by atoms with Crippen LogP contribution in [0.4, 0.5) is 4.79 Å². The van der Waals surface area contributed by atoms with Crippen LogP contribution >= 0.6 is 0 Å². The maximum absolute atomic E-state index is 12.0. The predicted molar refractivity (Wildman–Crippen MR) is 126 cm³/mol. The number of aliphatic hydroxyl groups excluding tert-OH is 1. The number of hydrogen-bond acceptors (Lipinski definition) is 9. The Morgan fingerprint density at radius 2 is 2.06 bits per heavy atom. The van der Waals surface area contributed by atoms with Gasteiger partial charge in [0.25, 0.3) is 0 Å². The molecule has 11 nitrogen and oxygen atoms in total. The van der Waals surface area contributed by atoms with Crippen molar-refractivity contribution in [2.45, 2.75) is 38.8 Å². The van der Waals surface area contributed by atoms with Gasteiger partial charge < -0.3 is 24.4 Å². The van der Waals surface area contributed by atoms with Crippen molar-refractivity contribution >= 4 is 6.09 Å². The number of alkyl carbamates (subject to hydrolysis) is 1. The summed E-state index contributed by atoms with van der Waals surface area (Å²) >= 11 is 0. The summed E-state index contributed by atoms with van der Waals surface area (Å²) in [4.78, 5) is 20.7. The molecule has 3 heterocycles. The van der Waals surface area contributed by atoms with Crippen LogP contribution in [0.15, 0.2) is 59.4 Å². The van der Waals surface area contributed by atoms with E-state index >= 15 is 0 Å². The smallest absolute Gasteiger partial charge is 0.407 e. The number of carbonyl (C=O) groups is 1. The lowest BCUT2D eigenvalue weighted by molar-refractivity contribution is 0.0480. The van der Waals surface area contributed by atoms with Crippen molar-refractivity contribution in [2.24, 2.45) is 0 Å². The summed E-state index contributed by atoms with van der Waals surface area (Å²) in [5.41, 5.74) is 1.78. The Labute approximate surface area is 201 Å². The summed E-state index contributed by atoms with van der Waals surface area (Å²) in [6.07, 6.45) is 2.88. The van der Waals surface area contributed by atoms with Crippen LogP contribution in [0, 0.1) is 0 Å². The van der Waals surface area contributed by atoms with Crippen LogP contribution < -0.4 is 10.1 Å². The van der Waals surface area contributed by atoms with Crippen LogP contribution in [0.2, 0.25) is 0 Å². The molecule has 3 N–H and O–H groups in total. The van der Waals surface area contributed by atoms with Gasteiger partial charge in [-0.3, -0.25) is 5.10 Å². The molecule has 0 spiro atoms. The number of amides is 1. The van der Waals surface area contributed by atoms with Gasteiger partial charge in [-0.15, -0.1) is 0 Å². The standard InChI is InChI=1S/C24H26N6O5/c1-24(2,3)34-23(32)27-17(14-31)12-21-28-22(30-35-21)15-5-4-6-18(11-15)33-20-8-7-16(13-25-20)19-9-10-26-29-19/h4-11,13,17,31H,12,14H2,1-3H3,(H,26,29)(H,27,32). The Hall–Kier alpha value is -4.25. The number of carbonyl (C=O) groups excluding carboxylic acids is 1. The average Bonchev–Trinajstić information content (AvgIpc) is 3.51. The zero-order valence-corrected chi connectivity index (χ0v) is 19.6. The molecule has 4 rings (SSSR count). The Bertz CT molecular complexity index is 1250. The summed E-state index contributed by atoms with van der Waals surface area (Å²) in [7, 11) is 0. The number of aromatic amines is 1. The van der Waals surface area contributed by atoms with Crippen LogP contribution in [0.3, 0.4) is 0 Å². The molecule has 11 heteroatoms. The fraction of sp³-hybridized carbons (Fsp3) is 0.292. The Morgan fingerprint density at radius 1 is 1.20 bits per heavy atom. The number of nitrogens with one attached hydrogen (secondary N) is 2. The van der Waals surface area contributed by atoms with Gasteiger partial charge in [0.1, 0.15) is 11.4 Å². The van der Waals surface area contributed by atoms with Gasteiger partial charge in [-0.05, 0) is 45.0 Å². The van der Waals surface area contributed by atoms with E-state index in [1.165, 1.54) is 0 Å². The molecular weight excluding hydrogens is 452 g/mol. The number of pyridine rings is 1. The minimum Gasteiger partial charge on any atom is -0.444 e. The number of aromatic nitrogens is 5. The van der Waals surface area contributed by atoms with Gasteiger partial charge in [-0.1, -0.05) is 17.3 Å². The van der Waals surface area contributed by atoms with Gasteiger partial charge in [0.05, 0.1) is 18.3 Å². The molecule has 1 atom stereocenters. The van der Waals surface area contributed by atoms with Gasteiger partial charge in [-0.25, -0.2) is 9.78 Å². The average molecular weight is 479 g/mol. The summed E-state index contributed by atoms with van der Waals surface area (Å²) in [6, 6.07) is 12.1. The molecule has 0 bridgehead atoms. The lowest BCUT2D eigenvalue weighted by Gasteiger charge is -2.22. The van der Waals surface area contributed by atoms with Crippen LogP contribution in [-0.2, 0) is 11.2 Å². The van der Waals surface area contributed by atoms with E-state index in [4.69, 9.17) is 14.0 Å². The van der Waals surface area contributed by atoms with Crippen molar-refractivity contribution in [1.29, 1.82) is 0 Å². The molecule has 35 heavy (non-hydrogen) atoms. The second-order valence-electron chi connectivity index (χ2n) is 8.73. The first-order chi connectivity index (χ1) is 16.8. The Kier molecular flexibility index (Phi) is 7.06. The van der Waals surface area contributed by atoms with Crippen molar-refractivity contribution in [3.8, 4) is 34.3 Å². The van der Waals surface area contributed by atoms with Crippen molar-refractivity contribution in [2.75, 3.05) is 6.61 Å². The van der Waals surface area contributed by atoms with E-state index in [-0.39, 0.29) is 18.9 Å². The minimum absolute atomic E-state index is 0.144. The second kappa shape index (κ2) is 10.3. The molecule has 1 unspecified atom stereocenters. The molecule has 1 amide bonds. The first-order valence-electron chi connectivity index (χ1n) is 11.0. The van der Waals surface area contributed by atoms with Gasteiger partial charge in [0, 0.05) is 36.0 Å². The van der Waals surface area contributed by atoms with E-state index < -0.39 is 17.7 Å². The molecule has 0 aliphatic carbocycles. The molecule has 0 saturated carbocycles. The largest absolute Gasteiger partial charge is 0.444 e. The lowest BCUT2D eigenvalue weighted by Crippen LogP contribution is -2.42. The summed E-state index contributed by atoms with van der Waals surface area (Å²) in [6.45, 7) is 4.96. The van der Waals surface area contributed by atoms with Gasteiger partial charge in [-0.2, -0.15) is 10.1 Å². The third-order valence-electron chi connectivity index (χ3n) is 4.69. The van der Waals surface area contributed by atoms with E-state index in [9.17, 15) is 9.90 Å². The highest BCUT2D eigenvalue weighted by atomic mass is 16.6. The quantitative estimate of drug-likeness (QED) is 0.344. The second-order valence-corrected chi connectivity index (χ2v) is 8.73. The predicted octanol–water partition coefficient (Wildman–Crippen LogP) is 3.74. The summed E-state index contributed by atoms with van der Waals surface area (Å²) < 4.78 is 16.4. The van der Waals surface area contributed by atoms with Gasteiger partial charge >= 0.3 is 6.09 Å². The van der Waals surface area contributed by atoms with E-state index in [1.54, 1.807) is 57.4 Å². The number of H-pyrrole nitrogens is 1. The van der Waals surface area contributed by atoms with Crippen LogP contribution in [0.5, 0.6) is 11.6 Å². The van der Waals surface area contributed by atoms with Crippen molar-refractivity contribution < 1.29 is 23.9 Å². The Morgan fingerprint density at radius 3 is 2.74 bits per heavy atom. The number of hydrogen-bond donors (Lipinski definition) is 3. The minimum atomic E-state index is -0.647. The van der Waals surface area contributed by atoms with Crippen molar-refractivity contribution in [1.82, 2.24) is 30.6 Å². The van der Waals surface area contributed by atoms with Crippen LogP contribution in [0.1, 0.15) is 26.7 Å². The highest BCUT2D eigenvalue weighted by Gasteiger charge is 2.21. The number of ether oxygens (including phenoxy) is 2. The molecular formula is C24H26N6O5. The monoisotopic (exact) mass is 478 g/mol. The first kappa shape index (κ1) is 23.9. The van der Waals surface area contributed by atoms with Crippen LogP contribution in [0.25, 0.3) is 22.6 Å². The molecule has 4 aromatic rings. The van der Waals surface area contributed by atoms with E-state index in [0.717, 1.165) is 11.3 Å². The maximum atomic E-state index is 12.0. The fourth-order valence-corrected chi connectivity index (χ4v) is 3.14. The zero-order valence-electron chi connectivity index (χ0n) is 19.6. The normalized spacial score (nSPS) is 12.2. The third kappa shape index (κ3) is 6.64. The van der Waals surface area contributed by atoms with Gasteiger partial charge in [0.2, 0.25) is 17.6 Å². The number of nitrogens with zero attached hydrogens (tertiary/aromatic N) is 4. The van der Waals surface area contributed by atoms with Gasteiger partial charge in [0.15, 0.2) is 0 Å². The number of rotatable bonds is 8. The van der Waals surface area contributed by atoms with Crippen molar-refractivity contribution in [3.05, 3.63) is 60.7 Å². The Balaban J connectivity index is 1.40. The fourth-order valence-electron chi connectivity index (χ4n) is 3.14. The van der Waals surface area contributed by atoms with Crippen molar-refractivity contribution in [3.63, 3.8) is 0 Å². The highest BCUT2D eigenvalue weighted by molar-refractivity contribution is 5.68. The highest BCUT2D eigenvalue weighted by Crippen LogP contribution is 2.26. The molecule has 0 aliphatic heterocycles. The maximum Gasteiger partial charge on any atom is 0.407 e. The summed E-state index contributed by atoms with van der Waals surface area (Å²) in [5.74, 6) is 1.59. The molecule has 0 fully saturated rings. The molecule has 0 saturated heterocycles. The van der Waals surface area contributed by atoms with E-state index in [2.05, 4.69) is 30.6 Å².